The number of benzene rings is 2. The molecule has 0 radical (unpaired) electrons. The molecule has 2 nitrogen and oxygen atoms in total. The van der Waals surface area contributed by atoms with Gasteiger partial charge in [-0.05, 0) is 24.3 Å². The number of rotatable bonds is 3. The third-order valence-corrected chi connectivity index (χ3v) is 2.53. The normalized spacial score (nSPS) is 9.88. The van der Waals surface area contributed by atoms with E-state index in [0.717, 1.165) is 11.4 Å². The van der Waals surface area contributed by atoms with Gasteiger partial charge in [0.25, 0.3) is 0 Å². The number of hydrogen-bond donors (Lipinski definition) is 1. The molecule has 0 spiro atoms. The fourth-order valence-electron chi connectivity index (χ4n) is 1.43. The van der Waals surface area contributed by atoms with Gasteiger partial charge in [0.1, 0.15) is 5.75 Å². The van der Waals surface area contributed by atoms with Crippen LogP contribution in [0.5, 0.6) is 5.75 Å². The molecule has 0 atom stereocenters. The number of nitrogens with one attached hydrogen (secondary N) is 1. The number of para-hydroxylation sites is 1. The van der Waals surface area contributed by atoms with Crippen LogP contribution in [0.2, 0.25) is 5.02 Å². The molecular formula is C13H12ClNO. The Morgan fingerprint density at radius 2 is 1.75 bits per heavy atom. The molecule has 0 saturated heterocycles. The molecule has 2 rings (SSSR count). The van der Waals surface area contributed by atoms with Gasteiger partial charge in [-0.2, -0.15) is 0 Å². The minimum Gasteiger partial charge on any atom is -0.495 e. The van der Waals surface area contributed by atoms with Crippen LogP contribution in [-0.4, -0.2) is 7.11 Å². The Morgan fingerprint density at radius 1 is 1.00 bits per heavy atom. The molecule has 0 heterocycles. The topological polar surface area (TPSA) is 21.3 Å². The Morgan fingerprint density at radius 3 is 2.44 bits per heavy atom. The van der Waals surface area contributed by atoms with Crippen LogP contribution >= 0.6 is 11.6 Å². The SMILES string of the molecule is COc1cc(Nc2ccccc2)ccc1Cl. The second-order valence-electron chi connectivity index (χ2n) is 3.34. The van der Waals surface area contributed by atoms with Crippen molar-refractivity contribution in [2.75, 3.05) is 12.4 Å². The van der Waals surface area contributed by atoms with Gasteiger partial charge in [0.2, 0.25) is 0 Å². The van der Waals surface area contributed by atoms with Crippen LogP contribution in [0.1, 0.15) is 0 Å². The van der Waals surface area contributed by atoms with E-state index in [1.807, 2.05) is 48.5 Å². The summed E-state index contributed by atoms with van der Waals surface area (Å²) in [7, 11) is 1.60. The van der Waals surface area contributed by atoms with Crippen molar-refractivity contribution in [3.8, 4) is 5.75 Å². The molecule has 82 valence electrons. The minimum absolute atomic E-state index is 0.612. The molecule has 2 aromatic carbocycles. The van der Waals surface area contributed by atoms with Crippen LogP contribution < -0.4 is 10.1 Å². The van der Waals surface area contributed by atoms with E-state index < -0.39 is 0 Å². The van der Waals surface area contributed by atoms with Crippen molar-refractivity contribution < 1.29 is 4.74 Å². The Bertz CT molecular complexity index is 471. The summed E-state index contributed by atoms with van der Waals surface area (Å²) in [6, 6.07) is 15.5. The van der Waals surface area contributed by atoms with Crippen LogP contribution in [-0.2, 0) is 0 Å². The second-order valence-corrected chi connectivity index (χ2v) is 3.75. The third kappa shape index (κ3) is 2.47. The van der Waals surface area contributed by atoms with E-state index in [2.05, 4.69) is 5.32 Å². The fraction of sp³-hybridized carbons (Fsp3) is 0.0769. The van der Waals surface area contributed by atoms with Gasteiger partial charge in [0.05, 0.1) is 12.1 Å². The lowest BCUT2D eigenvalue weighted by atomic mass is 10.2. The summed E-state index contributed by atoms with van der Waals surface area (Å²) in [5.74, 6) is 0.669. The predicted octanol–water partition coefficient (Wildman–Crippen LogP) is 4.09. The van der Waals surface area contributed by atoms with Gasteiger partial charge in [0.15, 0.2) is 0 Å². The van der Waals surface area contributed by atoms with Crippen LogP contribution in [0.25, 0.3) is 0 Å². The maximum atomic E-state index is 5.95. The van der Waals surface area contributed by atoms with E-state index in [-0.39, 0.29) is 0 Å². The lowest BCUT2D eigenvalue weighted by Gasteiger charge is -2.09. The molecular weight excluding hydrogens is 222 g/mol. The highest BCUT2D eigenvalue weighted by atomic mass is 35.5. The average Bonchev–Trinajstić information content (AvgIpc) is 2.33. The van der Waals surface area contributed by atoms with Crippen molar-refractivity contribution >= 4 is 23.0 Å². The highest BCUT2D eigenvalue weighted by molar-refractivity contribution is 6.32. The van der Waals surface area contributed by atoms with Crippen molar-refractivity contribution in [1.29, 1.82) is 0 Å². The zero-order valence-corrected chi connectivity index (χ0v) is 9.66. The lowest BCUT2D eigenvalue weighted by molar-refractivity contribution is 0.415. The zero-order chi connectivity index (χ0) is 11.4. The Kier molecular flexibility index (Phi) is 3.32. The summed E-state index contributed by atoms with van der Waals surface area (Å²) < 4.78 is 5.15. The van der Waals surface area contributed by atoms with Crippen LogP contribution in [0.4, 0.5) is 11.4 Å². The highest BCUT2D eigenvalue weighted by Crippen LogP contribution is 2.28. The van der Waals surface area contributed by atoms with Crippen LogP contribution in [0.3, 0.4) is 0 Å². The molecule has 0 unspecified atom stereocenters. The molecule has 16 heavy (non-hydrogen) atoms. The standard InChI is InChI=1S/C13H12ClNO/c1-16-13-9-11(7-8-12(13)14)15-10-5-3-2-4-6-10/h2-9,15H,1H3. The molecule has 0 aliphatic carbocycles. The first-order valence-corrected chi connectivity index (χ1v) is 5.33. The molecule has 2 aromatic rings. The van der Waals surface area contributed by atoms with Crippen LogP contribution in [0, 0.1) is 0 Å². The molecule has 1 N–H and O–H groups in total. The predicted molar refractivity (Wildman–Crippen MR) is 67.7 cm³/mol. The first-order valence-electron chi connectivity index (χ1n) is 4.95. The summed E-state index contributed by atoms with van der Waals surface area (Å²) in [6.07, 6.45) is 0. The van der Waals surface area contributed by atoms with E-state index in [1.165, 1.54) is 0 Å². The van der Waals surface area contributed by atoms with Crippen molar-refractivity contribution in [1.82, 2.24) is 0 Å². The van der Waals surface area contributed by atoms with E-state index >= 15 is 0 Å². The average molecular weight is 234 g/mol. The van der Waals surface area contributed by atoms with Gasteiger partial charge in [-0.1, -0.05) is 29.8 Å². The van der Waals surface area contributed by atoms with Crippen molar-refractivity contribution in [3.05, 3.63) is 53.6 Å². The quantitative estimate of drug-likeness (QED) is 0.862. The van der Waals surface area contributed by atoms with Gasteiger partial charge < -0.3 is 10.1 Å². The third-order valence-electron chi connectivity index (χ3n) is 2.21. The Labute approximate surface area is 99.8 Å². The van der Waals surface area contributed by atoms with E-state index in [9.17, 15) is 0 Å². The molecule has 0 bridgehead atoms. The fourth-order valence-corrected chi connectivity index (χ4v) is 1.62. The molecule has 0 aromatic heterocycles. The van der Waals surface area contributed by atoms with Gasteiger partial charge in [-0.15, -0.1) is 0 Å². The molecule has 0 aliphatic rings. The van der Waals surface area contributed by atoms with E-state index in [4.69, 9.17) is 16.3 Å². The van der Waals surface area contributed by atoms with Gasteiger partial charge in [-0.3, -0.25) is 0 Å². The highest BCUT2D eigenvalue weighted by Gasteiger charge is 2.01. The monoisotopic (exact) mass is 233 g/mol. The summed E-state index contributed by atoms with van der Waals surface area (Å²) in [4.78, 5) is 0. The van der Waals surface area contributed by atoms with E-state index in [0.29, 0.717) is 10.8 Å². The number of methoxy groups -OCH3 is 1. The van der Waals surface area contributed by atoms with Crippen molar-refractivity contribution in [3.63, 3.8) is 0 Å². The first kappa shape index (κ1) is 10.8. The largest absolute Gasteiger partial charge is 0.495 e. The van der Waals surface area contributed by atoms with Gasteiger partial charge >= 0.3 is 0 Å². The molecule has 3 heteroatoms. The zero-order valence-electron chi connectivity index (χ0n) is 8.91. The number of halogens is 1. The van der Waals surface area contributed by atoms with Crippen molar-refractivity contribution in [2.45, 2.75) is 0 Å². The number of hydrogen-bond acceptors (Lipinski definition) is 2. The maximum absolute atomic E-state index is 5.95. The Balaban J connectivity index is 2.22. The Hall–Kier alpha value is -1.67. The molecule has 0 fully saturated rings. The number of ether oxygens (including phenoxy) is 1. The smallest absolute Gasteiger partial charge is 0.139 e. The molecule has 0 saturated carbocycles. The van der Waals surface area contributed by atoms with Crippen LogP contribution in [0.15, 0.2) is 48.5 Å². The summed E-state index contributed by atoms with van der Waals surface area (Å²) in [5.41, 5.74) is 1.99. The summed E-state index contributed by atoms with van der Waals surface area (Å²) in [6.45, 7) is 0. The summed E-state index contributed by atoms with van der Waals surface area (Å²) >= 11 is 5.95. The number of anilines is 2. The first-order chi connectivity index (χ1) is 7.79. The summed E-state index contributed by atoms with van der Waals surface area (Å²) in [5, 5.41) is 3.88. The van der Waals surface area contributed by atoms with Gasteiger partial charge in [0, 0.05) is 17.4 Å². The van der Waals surface area contributed by atoms with Gasteiger partial charge in [-0.25, -0.2) is 0 Å². The molecule has 0 aliphatic heterocycles. The van der Waals surface area contributed by atoms with Crippen molar-refractivity contribution in [2.24, 2.45) is 0 Å². The second kappa shape index (κ2) is 4.90. The molecule has 0 amide bonds. The maximum Gasteiger partial charge on any atom is 0.139 e. The lowest BCUT2D eigenvalue weighted by Crippen LogP contribution is -1.91. The minimum atomic E-state index is 0.612. The van der Waals surface area contributed by atoms with E-state index in [1.54, 1.807) is 7.11 Å².